The summed E-state index contributed by atoms with van der Waals surface area (Å²) in [5.41, 5.74) is 3.61. The third-order valence-corrected chi connectivity index (χ3v) is 2.81. The van der Waals surface area contributed by atoms with Gasteiger partial charge in [-0.05, 0) is 37.1 Å². The Labute approximate surface area is 107 Å². The molecule has 0 unspecified atom stereocenters. The number of aryl methyl sites for hydroxylation is 1. The van der Waals surface area contributed by atoms with Crippen molar-refractivity contribution in [3.05, 3.63) is 58.9 Å². The van der Waals surface area contributed by atoms with Gasteiger partial charge in [0, 0.05) is 18.4 Å². The lowest BCUT2D eigenvalue weighted by molar-refractivity contribution is 1.00. The van der Waals surface area contributed by atoms with Crippen LogP contribution in [0.2, 0.25) is 5.15 Å². The van der Waals surface area contributed by atoms with E-state index < -0.39 is 0 Å². The number of benzene rings is 1. The fourth-order valence-electron chi connectivity index (χ4n) is 1.58. The van der Waals surface area contributed by atoms with E-state index in [1.54, 1.807) is 0 Å². The van der Waals surface area contributed by atoms with Gasteiger partial charge in [-0.15, -0.1) is 0 Å². The molecule has 0 amide bonds. The Morgan fingerprint density at radius 2 is 1.88 bits per heavy atom. The average molecular weight is 247 g/mol. The minimum absolute atomic E-state index is 0.542. The summed E-state index contributed by atoms with van der Waals surface area (Å²) in [5.74, 6) is 0. The third-order valence-electron chi connectivity index (χ3n) is 2.58. The maximum Gasteiger partial charge on any atom is 0.129 e. The van der Waals surface area contributed by atoms with Crippen molar-refractivity contribution in [1.82, 2.24) is 4.98 Å². The molecule has 0 fully saturated rings. The van der Waals surface area contributed by atoms with Crippen LogP contribution in [0.1, 0.15) is 11.1 Å². The zero-order valence-corrected chi connectivity index (χ0v) is 10.5. The van der Waals surface area contributed by atoms with E-state index in [2.05, 4.69) is 41.5 Å². The van der Waals surface area contributed by atoms with E-state index in [-0.39, 0.29) is 0 Å². The topological polar surface area (TPSA) is 24.9 Å². The number of hydrogen-bond acceptors (Lipinski definition) is 2. The molecule has 0 saturated heterocycles. The summed E-state index contributed by atoms with van der Waals surface area (Å²) in [6.07, 6.45) is 2.76. The highest BCUT2D eigenvalue weighted by Crippen LogP contribution is 2.09. The van der Waals surface area contributed by atoms with E-state index in [1.807, 2.05) is 18.3 Å². The normalized spacial score (nSPS) is 10.2. The maximum atomic E-state index is 5.73. The van der Waals surface area contributed by atoms with Crippen LogP contribution < -0.4 is 5.32 Å². The summed E-state index contributed by atoms with van der Waals surface area (Å²) in [7, 11) is 0. The van der Waals surface area contributed by atoms with Gasteiger partial charge in [0.15, 0.2) is 0 Å². The van der Waals surface area contributed by atoms with Crippen LogP contribution in [-0.4, -0.2) is 11.5 Å². The van der Waals surface area contributed by atoms with Gasteiger partial charge in [-0.1, -0.05) is 35.4 Å². The molecule has 2 rings (SSSR count). The first kappa shape index (κ1) is 11.9. The predicted octanol–water partition coefficient (Wildman–Crippen LogP) is 3.70. The molecule has 1 N–H and O–H groups in total. The van der Waals surface area contributed by atoms with Crippen LogP contribution in [0.25, 0.3) is 0 Å². The van der Waals surface area contributed by atoms with Crippen LogP contribution in [0.4, 0.5) is 5.69 Å². The summed E-state index contributed by atoms with van der Waals surface area (Å²) in [6.45, 7) is 2.98. The smallest absolute Gasteiger partial charge is 0.129 e. The molecule has 0 spiro atoms. The Morgan fingerprint density at radius 1 is 1.12 bits per heavy atom. The van der Waals surface area contributed by atoms with Crippen molar-refractivity contribution in [1.29, 1.82) is 0 Å². The van der Waals surface area contributed by atoms with Gasteiger partial charge in [-0.2, -0.15) is 0 Å². The van der Waals surface area contributed by atoms with Crippen molar-refractivity contribution in [3.8, 4) is 0 Å². The first-order chi connectivity index (χ1) is 8.24. The van der Waals surface area contributed by atoms with Crippen LogP contribution in [0, 0.1) is 6.92 Å². The molecular formula is C14H15ClN2. The van der Waals surface area contributed by atoms with Crippen LogP contribution in [0.15, 0.2) is 42.6 Å². The number of halogens is 1. The summed E-state index contributed by atoms with van der Waals surface area (Å²) in [6, 6.07) is 12.2. The van der Waals surface area contributed by atoms with E-state index in [9.17, 15) is 0 Å². The van der Waals surface area contributed by atoms with Crippen LogP contribution in [0.3, 0.4) is 0 Å². The Kier molecular flexibility index (Phi) is 3.99. The summed E-state index contributed by atoms with van der Waals surface area (Å²) in [4.78, 5) is 4.05. The average Bonchev–Trinajstić information content (AvgIpc) is 2.34. The van der Waals surface area contributed by atoms with E-state index in [1.165, 1.54) is 11.1 Å². The molecule has 17 heavy (non-hydrogen) atoms. The van der Waals surface area contributed by atoms with E-state index >= 15 is 0 Å². The van der Waals surface area contributed by atoms with Gasteiger partial charge in [0.05, 0.1) is 0 Å². The Morgan fingerprint density at radius 3 is 2.53 bits per heavy atom. The van der Waals surface area contributed by atoms with E-state index in [4.69, 9.17) is 11.6 Å². The van der Waals surface area contributed by atoms with E-state index in [0.717, 1.165) is 18.7 Å². The SMILES string of the molecule is Cc1ccc(NCCc2ccc(Cl)nc2)cc1. The number of aromatic nitrogens is 1. The largest absolute Gasteiger partial charge is 0.385 e. The number of nitrogens with zero attached hydrogens (tertiary/aromatic N) is 1. The van der Waals surface area contributed by atoms with Gasteiger partial charge in [-0.3, -0.25) is 0 Å². The number of pyridine rings is 1. The van der Waals surface area contributed by atoms with E-state index in [0.29, 0.717) is 5.15 Å². The molecule has 1 heterocycles. The van der Waals surface area contributed by atoms with Gasteiger partial charge in [0.1, 0.15) is 5.15 Å². The fourth-order valence-corrected chi connectivity index (χ4v) is 1.69. The quantitative estimate of drug-likeness (QED) is 0.833. The van der Waals surface area contributed by atoms with Gasteiger partial charge in [0.2, 0.25) is 0 Å². The number of nitrogens with one attached hydrogen (secondary N) is 1. The maximum absolute atomic E-state index is 5.73. The zero-order chi connectivity index (χ0) is 12.1. The second-order valence-electron chi connectivity index (χ2n) is 4.03. The van der Waals surface area contributed by atoms with Crippen molar-refractivity contribution in [3.63, 3.8) is 0 Å². The van der Waals surface area contributed by atoms with Gasteiger partial charge in [0.25, 0.3) is 0 Å². The number of anilines is 1. The van der Waals surface area contributed by atoms with Crippen molar-refractivity contribution < 1.29 is 0 Å². The molecule has 0 atom stereocenters. The monoisotopic (exact) mass is 246 g/mol. The van der Waals surface area contributed by atoms with Crippen molar-refractivity contribution in [2.45, 2.75) is 13.3 Å². The highest BCUT2D eigenvalue weighted by molar-refractivity contribution is 6.29. The minimum atomic E-state index is 0.542. The second kappa shape index (κ2) is 5.69. The fraction of sp³-hybridized carbons (Fsp3) is 0.214. The summed E-state index contributed by atoms with van der Waals surface area (Å²) in [5, 5.41) is 3.92. The molecule has 0 aliphatic rings. The van der Waals surface area contributed by atoms with Crippen LogP contribution in [0.5, 0.6) is 0 Å². The zero-order valence-electron chi connectivity index (χ0n) is 9.78. The molecule has 0 radical (unpaired) electrons. The van der Waals surface area contributed by atoms with Gasteiger partial charge in [-0.25, -0.2) is 4.98 Å². The van der Waals surface area contributed by atoms with Gasteiger partial charge >= 0.3 is 0 Å². The van der Waals surface area contributed by atoms with Crippen molar-refractivity contribution in [2.75, 3.05) is 11.9 Å². The van der Waals surface area contributed by atoms with Crippen LogP contribution in [-0.2, 0) is 6.42 Å². The molecule has 1 aromatic carbocycles. The lowest BCUT2D eigenvalue weighted by Gasteiger charge is -2.06. The highest BCUT2D eigenvalue weighted by Gasteiger charge is 1.95. The first-order valence-electron chi connectivity index (χ1n) is 5.65. The summed E-state index contributed by atoms with van der Waals surface area (Å²) < 4.78 is 0. The van der Waals surface area contributed by atoms with Crippen LogP contribution >= 0.6 is 11.6 Å². The molecule has 1 aromatic heterocycles. The Bertz CT molecular complexity index is 417. The summed E-state index contributed by atoms with van der Waals surface area (Å²) >= 11 is 5.73. The van der Waals surface area contributed by atoms with Crippen molar-refractivity contribution >= 4 is 17.3 Å². The third kappa shape index (κ3) is 3.75. The molecule has 0 aliphatic heterocycles. The molecule has 0 aliphatic carbocycles. The molecule has 3 heteroatoms. The number of rotatable bonds is 4. The standard InChI is InChI=1S/C14H15ClN2/c1-11-2-5-13(6-3-11)16-9-8-12-4-7-14(15)17-10-12/h2-7,10,16H,8-9H2,1H3. The molecular weight excluding hydrogens is 232 g/mol. The lowest BCUT2D eigenvalue weighted by Crippen LogP contribution is -2.04. The molecule has 0 bridgehead atoms. The Hall–Kier alpha value is -1.54. The Balaban J connectivity index is 1.83. The first-order valence-corrected chi connectivity index (χ1v) is 6.03. The highest BCUT2D eigenvalue weighted by atomic mass is 35.5. The lowest BCUT2D eigenvalue weighted by atomic mass is 10.2. The molecule has 88 valence electrons. The molecule has 2 nitrogen and oxygen atoms in total. The molecule has 0 saturated carbocycles. The predicted molar refractivity (Wildman–Crippen MR) is 72.6 cm³/mol. The number of hydrogen-bond donors (Lipinski definition) is 1. The minimum Gasteiger partial charge on any atom is -0.385 e. The van der Waals surface area contributed by atoms with Crippen molar-refractivity contribution in [2.24, 2.45) is 0 Å². The van der Waals surface area contributed by atoms with Gasteiger partial charge < -0.3 is 5.32 Å². The second-order valence-corrected chi connectivity index (χ2v) is 4.42. The molecule has 2 aromatic rings.